The third-order valence-corrected chi connectivity index (χ3v) is 3.62. The molecule has 3 N–H and O–H groups in total. The number of amides is 1. The molecule has 1 amide bonds. The van der Waals surface area contributed by atoms with Crippen molar-refractivity contribution < 1.29 is 9.90 Å². The van der Waals surface area contributed by atoms with Crippen molar-refractivity contribution in [3.05, 3.63) is 27.4 Å². The molecule has 0 radical (unpaired) electrons. The SMILES string of the molecule is CCC(CCO)NC(=O)c1c(C)nc(C2CC2)[nH]c1=O. The van der Waals surface area contributed by atoms with E-state index in [2.05, 4.69) is 15.3 Å². The van der Waals surface area contributed by atoms with Crippen LogP contribution in [-0.2, 0) is 0 Å². The van der Waals surface area contributed by atoms with Crippen LogP contribution < -0.4 is 10.9 Å². The molecule has 2 rings (SSSR count). The Morgan fingerprint density at radius 2 is 2.25 bits per heavy atom. The zero-order valence-corrected chi connectivity index (χ0v) is 11.9. The largest absolute Gasteiger partial charge is 0.396 e. The highest BCUT2D eigenvalue weighted by Gasteiger charge is 2.28. The van der Waals surface area contributed by atoms with Crippen LogP contribution in [0.4, 0.5) is 0 Å². The fourth-order valence-corrected chi connectivity index (χ4v) is 2.22. The van der Waals surface area contributed by atoms with Crippen LogP contribution in [0.1, 0.15) is 60.4 Å². The average molecular weight is 279 g/mol. The maximum atomic E-state index is 12.2. The molecule has 110 valence electrons. The van der Waals surface area contributed by atoms with Crippen LogP contribution in [-0.4, -0.2) is 33.6 Å². The molecule has 1 aliphatic carbocycles. The van der Waals surface area contributed by atoms with Gasteiger partial charge in [0.05, 0.1) is 5.69 Å². The number of aliphatic hydroxyl groups excluding tert-OH is 1. The molecular weight excluding hydrogens is 258 g/mol. The lowest BCUT2D eigenvalue weighted by Crippen LogP contribution is -2.39. The van der Waals surface area contributed by atoms with Gasteiger partial charge in [0.15, 0.2) is 0 Å². The Kier molecular flexibility index (Phi) is 4.54. The topological polar surface area (TPSA) is 95.1 Å². The van der Waals surface area contributed by atoms with E-state index in [4.69, 9.17) is 5.11 Å². The second kappa shape index (κ2) is 6.17. The Labute approximate surface area is 117 Å². The molecule has 0 spiro atoms. The van der Waals surface area contributed by atoms with Gasteiger partial charge < -0.3 is 15.4 Å². The van der Waals surface area contributed by atoms with Gasteiger partial charge >= 0.3 is 0 Å². The van der Waals surface area contributed by atoms with Gasteiger partial charge in [0, 0.05) is 18.6 Å². The summed E-state index contributed by atoms with van der Waals surface area (Å²) in [7, 11) is 0. The van der Waals surface area contributed by atoms with Gasteiger partial charge in [0.2, 0.25) is 0 Å². The summed E-state index contributed by atoms with van der Waals surface area (Å²) in [5, 5.41) is 11.7. The van der Waals surface area contributed by atoms with Gasteiger partial charge in [-0.15, -0.1) is 0 Å². The van der Waals surface area contributed by atoms with Gasteiger partial charge in [-0.25, -0.2) is 4.98 Å². The van der Waals surface area contributed by atoms with Crippen LogP contribution in [0.15, 0.2) is 4.79 Å². The smallest absolute Gasteiger partial charge is 0.264 e. The number of hydrogen-bond donors (Lipinski definition) is 3. The molecule has 1 atom stereocenters. The minimum absolute atomic E-state index is 0.00694. The fourth-order valence-electron chi connectivity index (χ4n) is 2.22. The molecule has 1 heterocycles. The van der Waals surface area contributed by atoms with Crippen LogP contribution in [0, 0.1) is 6.92 Å². The molecule has 1 aromatic rings. The first-order chi connectivity index (χ1) is 9.56. The molecule has 1 unspecified atom stereocenters. The van der Waals surface area contributed by atoms with Gasteiger partial charge in [0.1, 0.15) is 11.4 Å². The van der Waals surface area contributed by atoms with E-state index in [1.165, 1.54) is 0 Å². The molecular formula is C14H21N3O3. The van der Waals surface area contributed by atoms with Crippen molar-refractivity contribution in [3.63, 3.8) is 0 Å². The predicted octanol–water partition coefficient (Wildman–Crippen LogP) is 0.847. The molecule has 1 aliphatic rings. The molecule has 1 fully saturated rings. The minimum atomic E-state index is -0.418. The number of rotatable bonds is 6. The van der Waals surface area contributed by atoms with Gasteiger partial charge in [-0.05, 0) is 32.6 Å². The van der Waals surface area contributed by atoms with Crippen molar-refractivity contribution in [1.82, 2.24) is 15.3 Å². The Hall–Kier alpha value is -1.69. The number of nitrogens with one attached hydrogen (secondary N) is 2. The highest BCUT2D eigenvalue weighted by atomic mass is 16.3. The number of nitrogens with zero attached hydrogens (tertiary/aromatic N) is 1. The molecule has 1 aromatic heterocycles. The van der Waals surface area contributed by atoms with Crippen molar-refractivity contribution in [2.24, 2.45) is 0 Å². The number of aromatic amines is 1. The quantitative estimate of drug-likeness (QED) is 0.719. The van der Waals surface area contributed by atoms with Crippen molar-refractivity contribution in [3.8, 4) is 0 Å². The summed E-state index contributed by atoms with van der Waals surface area (Å²) in [4.78, 5) is 31.3. The number of hydrogen-bond acceptors (Lipinski definition) is 4. The number of aliphatic hydroxyl groups is 1. The van der Waals surface area contributed by atoms with Crippen molar-refractivity contribution in [1.29, 1.82) is 0 Å². The van der Waals surface area contributed by atoms with E-state index in [-0.39, 0.29) is 23.8 Å². The Balaban J connectivity index is 2.19. The van der Waals surface area contributed by atoms with E-state index >= 15 is 0 Å². The molecule has 0 aliphatic heterocycles. The highest BCUT2D eigenvalue weighted by molar-refractivity contribution is 5.95. The summed E-state index contributed by atoms with van der Waals surface area (Å²) >= 11 is 0. The van der Waals surface area contributed by atoms with E-state index in [1.807, 2.05) is 6.92 Å². The van der Waals surface area contributed by atoms with Crippen LogP contribution in [0.5, 0.6) is 0 Å². The zero-order chi connectivity index (χ0) is 14.7. The molecule has 0 saturated heterocycles. The third-order valence-electron chi connectivity index (χ3n) is 3.62. The highest BCUT2D eigenvalue weighted by Crippen LogP contribution is 2.37. The lowest BCUT2D eigenvalue weighted by molar-refractivity contribution is 0.0926. The fraction of sp³-hybridized carbons (Fsp3) is 0.643. The standard InChI is InChI=1S/C14H21N3O3/c1-3-10(6-7-18)16-13(19)11-8(2)15-12(9-4-5-9)17-14(11)20/h9-10,18H,3-7H2,1-2H3,(H,16,19)(H,15,17,20). The summed E-state index contributed by atoms with van der Waals surface area (Å²) in [6.07, 6.45) is 3.27. The van der Waals surface area contributed by atoms with Crippen molar-refractivity contribution in [2.75, 3.05) is 6.61 Å². The summed E-state index contributed by atoms with van der Waals surface area (Å²) in [6.45, 7) is 3.61. The first kappa shape index (κ1) is 14.7. The average Bonchev–Trinajstić information content (AvgIpc) is 3.21. The molecule has 6 nitrogen and oxygen atoms in total. The first-order valence-corrected chi connectivity index (χ1v) is 7.09. The maximum Gasteiger partial charge on any atom is 0.264 e. The number of carbonyl (C=O) groups is 1. The lowest BCUT2D eigenvalue weighted by Gasteiger charge is -2.16. The Bertz CT molecular complexity index is 549. The van der Waals surface area contributed by atoms with Crippen molar-refractivity contribution in [2.45, 2.75) is 51.5 Å². The molecule has 1 saturated carbocycles. The Morgan fingerprint density at radius 1 is 1.55 bits per heavy atom. The van der Waals surface area contributed by atoms with E-state index in [9.17, 15) is 9.59 Å². The van der Waals surface area contributed by atoms with Gasteiger partial charge in [0.25, 0.3) is 11.5 Å². The van der Waals surface area contributed by atoms with E-state index < -0.39 is 5.91 Å². The maximum absolute atomic E-state index is 12.2. The van der Waals surface area contributed by atoms with Crippen molar-refractivity contribution >= 4 is 5.91 Å². The third kappa shape index (κ3) is 3.25. The molecule has 6 heteroatoms. The van der Waals surface area contributed by atoms with Crippen LogP contribution in [0.25, 0.3) is 0 Å². The van der Waals surface area contributed by atoms with Gasteiger partial charge in [-0.2, -0.15) is 0 Å². The Morgan fingerprint density at radius 3 is 2.75 bits per heavy atom. The summed E-state index contributed by atoms with van der Waals surface area (Å²) in [5.41, 5.74) is 0.161. The van der Waals surface area contributed by atoms with Gasteiger partial charge in [-0.3, -0.25) is 9.59 Å². The first-order valence-electron chi connectivity index (χ1n) is 7.09. The monoisotopic (exact) mass is 279 g/mol. The second-order valence-corrected chi connectivity index (χ2v) is 5.28. The number of aryl methyl sites for hydroxylation is 1. The van der Waals surface area contributed by atoms with Crippen LogP contribution in [0.2, 0.25) is 0 Å². The van der Waals surface area contributed by atoms with E-state index in [1.54, 1.807) is 6.92 Å². The van der Waals surface area contributed by atoms with Crippen LogP contribution in [0.3, 0.4) is 0 Å². The summed E-state index contributed by atoms with van der Waals surface area (Å²) in [5.74, 6) is 0.613. The molecule has 20 heavy (non-hydrogen) atoms. The van der Waals surface area contributed by atoms with E-state index in [0.29, 0.717) is 30.3 Å². The minimum Gasteiger partial charge on any atom is -0.396 e. The van der Waals surface area contributed by atoms with Gasteiger partial charge in [-0.1, -0.05) is 6.92 Å². The summed E-state index contributed by atoms with van der Waals surface area (Å²) < 4.78 is 0. The summed E-state index contributed by atoms with van der Waals surface area (Å²) in [6, 6.07) is -0.130. The lowest BCUT2D eigenvalue weighted by atomic mass is 10.1. The predicted molar refractivity (Wildman–Crippen MR) is 74.8 cm³/mol. The number of carbonyl (C=O) groups excluding carboxylic acids is 1. The number of aromatic nitrogens is 2. The molecule has 0 aromatic carbocycles. The van der Waals surface area contributed by atoms with E-state index in [0.717, 1.165) is 12.8 Å². The second-order valence-electron chi connectivity index (χ2n) is 5.28. The number of H-pyrrole nitrogens is 1. The zero-order valence-electron chi connectivity index (χ0n) is 11.9. The van der Waals surface area contributed by atoms with Crippen LogP contribution >= 0.6 is 0 Å². The normalized spacial score (nSPS) is 15.9. The molecule has 0 bridgehead atoms.